The van der Waals surface area contributed by atoms with Crippen molar-refractivity contribution in [1.29, 1.82) is 0 Å². The predicted molar refractivity (Wildman–Crippen MR) is 108 cm³/mol. The number of piperazine rings is 1. The van der Waals surface area contributed by atoms with E-state index in [0.29, 0.717) is 15.7 Å². The minimum Gasteiger partial charge on any atom is -0.451 e. The van der Waals surface area contributed by atoms with Crippen molar-refractivity contribution in [3.63, 3.8) is 0 Å². The Morgan fingerprint density at radius 3 is 2.31 bits per heavy atom. The van der Waals surface area contributed by atoms with E-state index in [-0.39, 0.29) is 47.9 Å². The Kier molecular flexibility index (Phi) is 5.48. The second-order valence-electron chi connectivity index (χ2n) is 6.43. The summed E-state index contributed by atoms with van der Waals surface area (Å²) >= 11 is 6.86. The lowest BCUT2D eigenvalue weighted by atomic mass is 10.2. The maximum atomic E-state index is 13.1. The Bertz CT molecular complexity index is 1130. The zero-order chi connectivity index (χ0) is 20.6. The molecule has 1 saturated heterocycles. The second kappa shape index (κ2) is 7.91. The SMILES string of the molecule is O=C(c1ccc(-c2ccc(F)cc2)o1)N1CCN(S(=O)(=O)c2ccc(Cl)s2)CC1. The van der Waals surface area contributed by atoms with Crippen molar-refractivity contribution < 1.29 is 22.0 Å². The van der Waals surface area contributed by atoms with Gasteiger partial charge in [0.1, 0.15) is 15.8 Å². The molecular weight excluding hydrogens is 439 g/mol. The molecule has 10 heteroatoms. The van der Waals surface area contributed by atoms with Crippen LogP contribution >= 0.6 is 22.9 Å². The van der Waals surface area contributed by atoms with Gasteiger partial charge in [0, 0.05) is 31.7 Å². The highest BCUT2D eigenvalue weighted by Gasteiger charge is 2.32. The molecule has 152 valence electrons. The predicted octanol–water partition coefficient (Wildman–Crippen LogP) is 3.95. The monoisotopic (exact) mass is 454 g/mol. The number of carbonyl (C=O) groups excluding carboxylic acids is 1. The first kappa shape index (κ1) is 20.1. The van der Waals surface area contributed by atoms with Crippen molar-refractivity contribution in [3.8, 4) is 11.3 Å². The molecule has 1 aromatic carbocycles. The van der Waals surface area contributed by atoms with Crippen molar-refractivity contribution >= 4 is 38.9 Å². The van der Waals surface area contributed by atoms with Gasteiger partial charge in [0.05, 0.1) is 4.34 Å². The van der Waals surface area contributed by atoms with Gasteiger partial charge < -0.3 is 9.32 Å². The molecule has 1 aliphatic heterocycles. The maximum absolute atomic E-state index is 13.1. The van der Waals surface area contributed by atoms with Crippen LogP contribution in [0, 0.1) is 5.82 Å². The number of sulfonamides is 1. The molecule has 6 nitrogen and oxygen atoms in total. The van der Waals surface area contributed by atoms with E-state index in [1.165, 1.54) is 22.5 Å². The van der Waals surface area contributed by atoms with E-state index in [0.717, 1.165) is 11.3 Å². The number of amides is 1. The van der Waals surface area contributed by atoms with Gasteiger partial charge in [0.2, 0.25) is 0 Å². The Hall–Kier alpha value is -2.20. The number of halogens is 2. The van der Waals surface area contributed by atoms with E-state index in [1.807, 2.05) is 0 Å². The van der Waals surface area contributed by atoms with Gasteiger partial charge in [-0.2, -0.15) is 4.31 Å². The third-order valence-corrected chi connectivity index (χ3v) is 8.21. The molecule has 1 amide bonds. The van der Waals surface area contributed by atoms with Crippen molar-refractivity contribution in [1.82, 2.24) is 9.21 Å². The summed E-state index contributed by atoms with van der Waals surface area (Å²) in [4.78, 5) is 14.3. The van der Waals surface area contributed by atoms with E-state index in [2.05, 4.69) is 0 Å². The molecule has 0 spiro atoms. The first-order valence-corrected chi connectivity index (χ1v) is 11.4. The summed E-state index contributed by atoms with van der Waals surface area (Å²) in [6.07, 6.45) is 0. The fraction of sp³-hybridized carbons (Fsp3) is 0.211. The van der Waals surface area contributed by atoms with Gasteiger partial charge in [-0.1, -0.05) is 11.6 Å². The van der Waals surface area contributed by atoms with Crippen LogP contribution in [0.5, 0.6) is 0 Å². The summed E-state index contributed by atoms with van der Waals surface area (Å²) in [5.41, 5.74) is 0.663. The molecule has 0 unspecified atom stereocenters. The van der Waals surface area contributed by atoms with Crippen LogP contribution < -0.4 is 0 Å². The van der Waals surface area contributed by atoms with Crippen molar-refractivity contribution in [2.24, 2.45) is 0 Å². The number of benzene rings is 1. The summed E-state index contributed by atoms with van der Waals surface area (Å²) in [6, 6.07) is 12.0. The third kappa shape index (κ3) is 4.09. The lowest BCUT2D eigenvalue weighted by Gasteiger charge is -2.33. The van der Waals surface area contributed by atoms with Crippen LogP contribution in [0.3, 0.4) is 0 Å². The molecular formula is C19H16ClFN2O4S2. The Balaban J connectivity index is 1.42. The lowest BCUT2D eigenvalue weighted by Crippen LogP contribution is -2.50. The average molecular weight is 455 g/mol. The first-order valence-electron chi connectivity index (χ1n) is 8.75. The fourth-order valence-electron chi connectivity index (χ4n) is 3.07. The molecule has 0 N–H and O–H groups in total. The van der Waals surface area contributed by atoms with Crippen LogP contribution in [0.25, 0.3) is 11.3 Å². The number of furan rings is 1. The van der Waals surface area contributed by atoms with E-state index in [9.17, 15) is 17.6 Å². The van der Waals surface area contributed by atoms with Gasteiger partial charge in [-0.15, -0.1) is 11.3 Å². The Morgan fingerprint density at radius 1 is 1.00 bits per heavy atom. The topological polar surface area (TPSA) is 70.8 Å². The molecule has 1 aliphatic rings. The normalized spacial score (nSPS) is 15.6. The molecule has 0 bridgehead atoms. The smallest absolute Gasteiger partial charge is 0.289 e. The Morgan fingerprint density at radius 2 is 1.69 bits per heavy atom. The molecule has 29 heavy (non-hydrogen) atoms. The van der Waals surface area contributed by atoms with Gasteiger partial charge in [0.25, 0.3) is 15.9 Å². The molecule has 0 atom stereocenters. The van der Waals surface area contributed by atoms with Gasteiger partial charge in [-0.3, -0.25) is 4.79 Å². The zero-order valence-electron chi connectivity index (χ0n) is 15.0. The number of rotatable bonds is 4. The molecule has 0 aliphatic carbocycles. The van der Waals surface area contributed by atoms with Crippen molar-refractivity contribution in [2.45, 2.75) is 4.21 Å². The quantitative estimate of drug-likeness (QED) is 0.598. The van der Waals surface area contributed by atoms with Gasteiger partial charge in [-0.05, 0) is 48.5 Å². The summed E-state index contributed by atoms with van der Waals surface area (Å²) in [6.45, 7) is 0.887. The average Bonchev–Trinajstić information content (AvgIpc) is 3.38. The maximum Gasteiger partial charge on any atom is 0.289 e. The van der Waals surface area contributed by atoms with Crippen LogP contribution in [-0.4, -0.2) is 49.7 Å². The summed E-state index contributed by atoms with van der Waals surface area (Å²) < 4.78 is 46.0. The van der Waals surface area contributed by atoms with Crippen LogP contribution in [-0.2, 0) is 10.0 Å². The lowest BCUT2D eigenvalue weighted by molar-refractivity contribution is 0.0667. The van der Waals surface area contributed by atoms with Gasteiger partial charge >= 0.3 is 0 Å². The minimum atomic E-state index is -3.62. The van der Waals surface area contributed by atoms with Crippen LogP contribution in [0.2, 0.25) is 4.34 Å². The van der Waals surface area contributed by atoms with Gasteiger partial charge in [0.15, 0.2) is 5.76 Å². The van der Waals surface area contributed by atoms with Crippen molar-refractivity contribution in [2.75, 3.05) is 26.2 Å². The highest BCUT2D eigenvalue weighted by Crippen LogP contribution is 2.29. The minimum absolute atomic E-state index is 0.158. The summed E-state index contributed by atoms with van der Waals surface area (Å²) in [5, 5.41) is 0. The number of hydrogen-bond acceptors (Lipinski definition) is 5. The summed E-state index contributed by atoms with van der Waals surface area (Å²) in [5.74, 6) is -0.0429. The highest BCUT2D eigenvalue weighted by molar-refractivity contribution is 7.91. The molecule has 0 saturated carbocycles. The standard InChI is InChI=1S/C19H16ClFN2O4S2/c20-17-7-8-18(28-17)29(25,26)23-11-9-22(10-12-23)19(24)16-6-5-15(27-16)13-1-3-14(21)4-2-13/h1-8H,9-12H2. The largest absolute Gasteiger partial charge is 0.451 e. The highest BCUT2D eigenvalue weighted by atomic mass is 35.5. The zero-order valence-corrected chi connectivity index (χ0v) is 17.4. The number of nitrogens with zero attached hydrogens (tertiary/aromatic N) is 2. The van der Waals surface area contributed by atoms with E-state index >= 15 is 0 Å². The van der Waals surface area contributed by atoms with E-state index in [4.69, 9.17) is 16.0 Å². The van der Waals surface area contributed by atoms with Crippen LogP contribution in [0.1, 0.15) is 10.6 Å². The first-order chi connectivity index (χ1) is 13.8. The molecule has 2 aromatic heterocycles. The van der Waals surface area contributed by atoms with Crippen LogP contribution in [0.15, 0.2) is 57.2 Å². The van der Waals surface area contributed by atoms with Crippen molar-refractivity contribution in [3.05, 3.63) is 64.4 Å². The van der Waals surface area contributed by atoms with E-state index in [1.54, 1.807) is 35.2 Å². The number of carbonyl (C=O) groups is 1. The number of thiophene rings is 1. The van der Waals surface area contributed by atoms with Gasteiger partial charge in [-0.25, -0.2) is 12.8 Å². The summed E-state index contributed by atoms with van der Waals surface area (Å²) in [7, 11) is -3.62. The number of hydrogen-bond donors (Lipinski definition) is 0. The molecule has 0 radical (unpaired) electrons. The third-order valence-electron chi connectivity index (χ3n) is 4.61. The Labute approximate surface area is 176 Å². The fourth-order valence-corrected chi connectivity index (χ4v) is 6.13. The molecule has 3 aromatic rings. The second-order valence-corrected chi connectivity index (χ2v) is 10.3. The molecule has 4 rings (SSSR count). The van der Waals surface area contributed by atoms with Crippen LogP contribution in [0.4, 0.5) is 4.39 Å². The molecule has 1 fully saturated rings. The molecule has 3 heterocycles. The van der Waals surface area contributed by atoms with E-state index < -0.39 is 10.0 Å².